The lowest BCUT2D eigenvalue weighted by molar-refractivity contribution is 0.372. The van der Waals surface area contributed by atoms with Gasteiger partial charge in [-0.05, 0) is 57.3 Å². The summed E-state index contributed by atoms with van der Waals surface area (Å²) in [5.74, 6) is 1.97. The van der Waals surface area contributed by atoms with Crippen LogP contribution in [-0.2, 0) is 0 Å². The molecule has 0 atom stereocenters. The van der Waals surface area contributed by atoms with Gasteiger partial charge in [-0.25, -0.2) is 4.98 Å². The van der Waals surface area contributed by atoms with Gasteiger partial charge in [-0.1, -0.05) is 13.0 Å². The fraction of sp³-hybridized carbons (Fsp3) is 0.667. The minimum Gasteiger partial charge on any atom is -0.356 e. The number of anilines is 1. The molecule has 1 aliphatic rings. The maximum Gasteiger partial charge on any atom is 0.128 e. The summed E-state index contributed by atoms with van der Waals surface area (Å²) in [4.78, 5) is 7.13. The van der Waals surface area contributed by atoms with Crippen LogP contribution in [0.4, 0.5) is 5.82 Å². The van der Waals surface area contributed by atoms with E-state index < -0.39 is 0 Å². The zero-order chi connectivity index (χ0) is 12.8. The number of nitrogens with zero attached hydrogens (tertiary/aromatic N) is 2. The van der Waals surface area contributed by atoms with Crippen molar-refractivity contribution >= 4 is 5.82 Å². The summed E-state index contributed by atoms with van der Waals surface area (Å²) in [6.07, 6.45) is 3.78. The third-order valence-electron chi connectivity index (χ3n) is 3.63. The Morgan fingerprint density at radius 2 is 2.11 bits per heavy atom. The molecule has 1 fully saturated rings. The van der Waals surface area contributed by atoms with E-state index in [1.165, 1.54) is 32.4 Å². The highest BCUT2D eigenvalue weighted by Crippen LogP contribution is 2.18. The predicted octanol–water partition coefficient (Wildman–Crippen LogP) is 2.61. The molecule has 1 saturated heterocycles. The van der Waals surface area contributed by atoms with Gasteiger partial charge in [0.25, 0.3) is 0 Å². The molecule has 100 valence electrons. The van der Waals surface area contributed by atoms with Gasteiger partial charge < -0.3 is 10.2 Å². The van der Waals surface area contributed by atoms with Crippen molar-refractivity contribution in [1.29, 1.82) is 0 Å². The number of hydrogen-bond donors (Lipinski definition) is 1. The molecule has 1 aromatic heterocycles. The fourth-order valence-corrected chi connectivity index (χ4v) is 2.65. The van der Waals surface area contributed by atoms with Gasteiger partial charge in [0.15, 0.2) is 0 Å². The third-order valence-corrected chi connectivity index (χ3v) is 3.63. The highest BCUT2D eigenvalue weighted by atomic mass is 15.2. The van der Waals surface area contributed by atoms with Crippen molar-refractivity contribution in [2.24, 2.45) is 5.92 Å². The number of aryl methyl sites for hydroxylation is 1. The van der Waals surface area contributed by atoms with E-state index >= 15 is 0 Å². The molecule has 1 aliphatic heterocycles. The average Bonchev–Trinajstić information content (AvgIpc) is 2.39. The molecule has 0 bridgehead atoms. The van der Waals surface area contributed by atoms with Crippen LogP contribution in [0.2, 0.25) is 0 Å². The summed E-state index contributed by atoms with van der Waals surface area (Å²) in [7, 11) is 0. The van der Waals surface area contributed by atoms with E-state index in [1.807, 2.05) is 0 Å². The Morgan fingerprint density at radius 3 is 2.78 bits per heavy atom. The second-order valence-electron chi connectivity index (χ2n) is 5.28. The number of nitrogens with one attached hydrogen (secondary N) is 1. The van der Waals surface area contributed by atoms with E-state index in [1.54, 1.807) is 0 Å². The molecular weight excluding hydrogens is 222 g/mol. The first kappa shape index (κ1) is 13.3. The maximum atomic E-state index is 4.67. The van der Waals surface area contributed by atoms with Gasteiger partial charge in [0.2, 0.25) is 0 Å². The maximum absolute atomic E-state index is 4.67. The van der Waals surface area contributed by atoms with E-state index in [2.05, 4.69) is 47.2 Å². The molecule has 0 spiro atoms. The molecule has 0 aliphatic carbocycles. The third kappa shape index (κ3) is 3.70. The van der Waals surface area contributed by atoms with E-state index in [9.17, 15) is 0 Å². The molecule has 0 aromatic carbocycles. The predicted molar refractivity (Wildman–Crippen MR) is 77.1 cm³/mol. The van der Waals surface area contributed by atoms with Crippen LogP contribution in [0.25, 0.3) is 0 Å². The van der Waals surface area contributed by atoms with Crippen LogP contribution in [0.5, 0.6) is 0 Å². The Hall–Kier alpha value is -1.09. The first-order chi connectivity index (χ1) is 8.79. The first-order valence-corrected chi connectivity index (χ1v) is 7.19. The summed E-state index contributed by atoms with van der Waals surface area (Å²) >= 11 is 0. The van der Waals surface area contributed by atoms with Crippen LogP contribution in [-0.4, -0.2) is 31.2 Å². The van der Waals surface area contributed by atoms with E-state index in [-0.39, 0.29) is 0 Å². The molecular formula is C15H25N3. The van der Waals surface area contributed by atoms with Crippen molar-refractivity contribution in [2.45, 2.75) is 33.1 Å². The quantitative estimate of drug-likeness (QED) is 0.867. The summed E-state index contributed by atoms with van der Waals surface area (Å²) in [5.41, 5.74) is 1.11. The summed E-state index contributed by atoms with van der Waals surface area (Å²) in [6.45, 7) is 8.92. The second-order valence-corrected chi connectivity index (χ2v) is 5.28. The number of hydrogen-bond acceptors (Lipinski definition) is 3. The number of pyridine rings is 1. The lowest BCUT2D eigenvalue weighted by atomic mass is 9.97. The molecule has 3 nitrogen and oxygen atoms in total. The fourth-order valence-electron chi connectivity index (χ4n) is 2.65. The van der Waals surface area contributed by atoms with Gasteiger partial charge in [-0.3, -0.25) is 0 Å². The van der Waals surface area contributed by atoms with Gasteiger partial charge in [0.05, 0.1) is 0 Å². The summed E-state index contributed by atoms with van der Waals surface area (Å²) < 4.78 is 0. The molecule has 0 radical (unpaired) electrons. The van der Waals surface area contributed by atoms with E-state index in [4.69, 9.17) is 0 Å². The highest BCUT2D eigenvalue weighted by Gasteiger charge is 2.17. The monoisotopic (exact) mass is 247 g/mol. The minimum atomic E-state index is 0.820. The Balaban J connectivity index is 2.02. The largest absolute Gasteiger partial charge is 0.356 e. The summed E-state index contributed by atoms with van der Waals surface area (Å²) in [5, 5.41) is 3.43. The molecule has 0 amide bonds. The van der Waals surface area contributed by atoms with Gasteiger partial charge in [0.1, 0.15) is 5.82 Å². The van der Waals surface area contributed by atoms with Crippen LogP contribution >= 0.6 is 0 Å². The lowest BCUT2D eigenvalue weighted by Crippen LogP contribution is -2.37. The van der Waals surface area contributed by atoms with Crippen molar-refractivity contribution in [2.75, 3.05) is 31.1 Å². The Labute approximate surface area is 111 Å². The Bertz CT molecular complexity index is 359. The van der Waals surface area contributed by atoms with Crippen molar-refractivity contribution in [3.05, 3.63) is 23.9 Å². The molecule has 1 aromatic rings. The zero-order valence-corrected chi connectivity index (χ0v) is 11.7. The molecule has 2 rings (SSSR count). The van der Waals surface area contributed by atoms with Gasteiger partial charge in [-0.2, -0.15) is 0 Å². The lowest BCUT2D eigenvalue weighted by Gasteiger charge is -2.30. The zero-order valence-electron chi connectivity index (χ0n) is 11.7. The highest BCUT2D eigenvalue weighted by molar-refractivity contribution is 5.39. The van der Waals surface area contributed by atoms with Crippen LogP contribution in [0, 0.1) is 12.8 Å². The molecule has 0 saturated carbocycles. The molecule has 3 heteroatoms. The van der Waals surface area contributed by atoms with Crippen molar-refractivity contribution < 1.29 is 0 Å². The van der Waals surface area contributed by atoms with E-state index in [0.29, 0.717) is 0 Å². The molecule has 18 heavy (non-hydrogen) atoms. The molecule has 0 unspecified atom stereocenters. The van der Waals surface area contributed by atoms with Crippen LogP contribution < -0.4 is 10.2 Å². The van der Waals surface area contributed by atoms with Crippen LogP contribution in [0.1, 0.15) is 31.9 Å². The van der Waals surface area contributed by atoms with Crippen LogP contribution in [0.15, 0.2) is 18.2 Å². The SMILES string of the molecule is CCCN(CC1CCNCC1)c1cccc(C)n1. The first-order valence-electron chi connectivity index (χ1n) is 7.19. The normalized spacial score (nSPS) is 16.8. The Morgan fingerprint density at radius 1 is 1.33 bits per heavy atom. The van der Waals surface area contributed by atoms with Crippen LogP contribution in [0.3, 0.4) is 0 Å². The number of aromatic nitrogens is 1. The van der Waals surface area contributed by atoms with Crippen molar-refractivity contribution in [3.8, 4) is 0 Å². The number of piperidine rings is 1. The van der Waals surface area contributed by atoms with Gasteiger partial charge >= 0.3 is 0 Å². The van der Waals surface area contributed by atoms with Gasteiger partial charge in [0, 0.05) is 18.8 Å². The number of rotatable bonds is 5. The minimum absolute atomic E-state index is 0.820. The molecule has 1 N–H and O–H groups in total. The summed E-state index contributed by atoms with van der Waals surface area (Å²) in [6, 6.07) is 6.32. The standard InChI is InChI=1S/C15H25N3/c1-3-11-18(12-14-7-9-16-10-8-14)15-6-4-5-13(2)17-15/h4-6,14,16H,3,7-12H2,1-2H3. The van der Waals surface area contributed by atoms with Crippen molar-refractivity contribution in [1.82, 2.24) is 10.3 Å². The topological polar surface area (TPSA) is 28.2 Å². The van der Waals surface area contributed by atoms with Crippen molar-refractivity contribution in [3.63, 3.8) is 0 Å². The second kappa shape index (κ2) is 6.74. The molecule has 2 heterocycles. The van der Waals surface area contributed by atoms with E-state index in [0.717, 1.165) is 30.5 Å². The Kier molecular flexibility index (Phi) is 5.00. The smallest absolute Gasteiger partial charge is 0.128 e. The average molecular weight is 247 g/mol. The van der Waals surface area contributed by atoms with Gasteiger partial charge in [-0.15, -0.1) is 0 Å².